The van der Waals surface area contributed by atoms with Gasteiger partial charge in [-0.15, -0.1) is 0 Å². The Balaban J connectivity index is 0. The van der Waals surface area contributed by atoms with Crippen molar-refractivity contribution >= 4 is 45.6 Å². The quantitative estimate of drug-likeness (QED) is 0.361. The van der Waals surface area contributed by atoms with Gasteiger partial charge in [-0.2, -0.15) is 8.42 Å². The van der Waals surface area contributed by atoms with Crippen LogP contribution in [-0.2, 0) is 19.1 Å². The van der Waals surface area contributed by atoms with E-state index in [-0.39, 0.29) is 40.9 Å². The van der Waals surface area contributed by atoms with Crippen LogP contribution < -0.4 is 0 Å². The van der Waals surface area contributed by atoms with Crippen LogP contribution in [0.25, 0.3) is 0 Å². The Morgan fingerprint density at radius 2 is 1.92 bits per heavy atom. The molecule has 6 heteroatoms. The second-order valence-corrected chi connectivity index (χ2v) is 3.86. The van der Waals surface area contributed by atoms with E-state index in [4.69, 9.17) is 0 Å². The van der Waals surface area contributed by atoms with Gasteiger partial charge in [0.1, 0.15) is 0 Å². The summed E-state index contributed by atoms with van der Waals surface area (Å²) in [5.41, 5.74) is 0.0713. The Morgan fingerprint density at radius 3 is 2.17 bits per heavy atom. The fourth-order valence-electron chi connectivity index (χ4n) is 0.245. The van der Waals surface area contributed by atoms with Crippen LogP contribution >= 0.6 is 0 Å². The number of carbonyl (C=O) groups is 1. The van der Waals surface area contributed by atoms with Gasteiger partial charge >= 0.3 is 45.6 Å². The van der Waals surface area contributed by atoms with Crippen molar-refractivity contribution in [1.29, 1.82) is 0 Å². The van der Waals surface area contributed by atoms with Crippen molar-refractivity contribution in [2.45, 2.75) is 13.8 Å². The molecule has 0 atom stereocenters. The van der Waals surface area contributed by atoms with E-state index >= 15 is 0 Å². The van der Waals surface area contributed by atoms with Crippen LogP contribution in [-0.4, -0.2) is 49.7 Å². The predicted molar refractivity (Wildman–Crippen MR) is 47.5 cm³/mol. The number of hydrogen-bond acceptors (Lipinski definition) is 4. The summed E-state index contributed by atoms with van der Waals surface area (Å²) in [6.07, 6.45) is 0. The molecular formula is C6H11NaO4S. The Morgan fingerprint density at radius 1 is 1.50 bits per heavy atom. The van der Waals surface area contributed by atoms with Crippen molar-refractivity contribution in [2.24, 2.45) is 0 Å². The van der Waals surface area contributed by atoms with E-state index in [0.29, 0.717) is 0 Å². The summed E-state index contributed by atoms with van der Waals surface area (Å²) >= 11 is 0. The van der Waals surface area contributed by atoms with Gasteiger partial charge in [0.05, 0.1) is 5.75 Å². The van der Waals surface area contributed by atoms with Crippen LogP contribution in [0.15, 0.2) is 12.2 Å². The van der Waals surface area contributed by atoms with Gasteiger partial charge in [-0.05, 0) is 13.8 Å². The van der Waals surface area contributed by atoms with Crippen molar-refractivity contribution in [3.05, 3.63) is 12.2 Å². The van der Waals surface area contributed by atoms with Crippen LogP contribution in [0.1, 0.15) is 13.8 Å². The van der Waals surface area contributed by atoms with E-state index in [9.17, 15) is 13.2 Å². The first kappa shape index (κ1) is 14.7. The van der Waals surface area contributed by atoms with Crippen LogP contribution in [0.4, 0.5) is 0 Å². The summed E-state index contributed by atoms with van der Waals surface area (Å²) in [5.74, 6) is -1.11. The van der Waals surface area contributed by atoms with E-state index in [1.807, 2.05) is 0 Å². The molecule has 0 radical (unpaired) electrons. The van der Waals surface area contributed by atoms with Crippen LogP contribution in [0.2, 0.25) is 0 Å². The summed E-state index contributed by atoms with van der Waals surface area (Å²) in [7, 11) is -3.67. The molecule has 0 fully saturated rings. The third kappa shape index (κ3) is 5.77. The summed E-state index contributed by atoms with van der Waals surface area (Å²) < 4.78 is 25.3. The molecular weight excluding hydrogens is 191 g/mol. The molecule has 0 aromatic heterocycles. The van der Waals surface area contributed by atoms with E-state index in [2.05, 4.69) is 10.8 Å². The summed E-state index contributed by atoms with van der Waals surface area (Å²) in [5, 5.41) is 0. The zero-order valence-electron chi connectivity index (χ0n) is 6.46. The van der Waals surface area contributed by atoms with Crippen molar-refractivity contribution < 1.29 is 17.4 Å². The van der Waals surface area contributed by atoms with Gasteiger partial charge in [0.15, 0.2) is 0 Å². The van der Waals surface area contributed by atoms with Gasteiger partial charge in [0.2, 0.25) is 0 Å². The van der Waals surface area contributed by atoms with Crippen molar-refractivity contribution in [1.82, 2.24) is 0 Å². The summed E-state index contributed by atoms with van der Waals surface area (Å²) in [6.45, 7) is 6.01. The van der Waals surface area contributed by atoms with Gasteiger partial charge in [-0.25, -0.2) is 4.79 Å². The van der Waals surface area contributed by atoms with E-state index in [1.165, 1.54) is 13.8 Å². The third-order valence-electron chi connectivity index (χ3n) is 0.905. The zero-order chi connectivity index (χ0) is 9.07. The first-order valence-corrected chi connectivity index (χ1v) is 4.58. The van der Waals surface area contributed by atoms with Crippen LogP contribution in [0.3, 0.4) is 0 Å². The Hall–Kier alpha value is 0.160. The molecule has 0 spiro atoms. The van der Waals surface area contributed by atoms with E-state index < -0.39 is 16.1 Å². The Labute approximate surface area is 94.4 Å². The molecule has 66 valence electrons. The fourth-order valence-corrected chi connectivity index (χ4v) is 0.736. The maximum atomic E-state index is 10.6. The molecule has 0 aromatic rings. The summed E-state index contributed by atoms with van der Waals surface area (Å²) in [6, 6.07) is 0. The second kappa shape index (κ2) is 5.75. The average molecular weight is 202 g/mol. The molecule has 4 nitrogen and oxygen atoms in total. The molecule has 0 bridgehead atoms. The Kier molecular flexibility index (Phi) is 7.02. The molecule has 0 amide bonds. The molecule has 0 rings (SSSR count). The van der Waals surface area contributed by atoms with Gasteiger partial charge in [-0.1, -0.05) is 6.58 Å². The van der Waals surface area contributed by atoms with Crippen molar-refractivity contribution in [3.63, 3.8) is 0 Å². The normalized spacial score (nSPS) is 9.83. The second-order valence-electron chi connectivity index (χ2n) is 2.00. The van der Waals surface area contributed by atoms with Gasteiger partial charge in [0, 0.05) is 5.57 Å². The number of hydrogen-bond donors (Lipinski definition) is 0. The average Bonchev–Trinajstić information content (AvgIpc) is 1.87. The van der Waals surface area contributed by atoms with Crippen molar-refractivity contribution in [3.8, 4) is 0 Å². The first-order chi connectivity index (χ1) is 4.89. The fraction of sp³-hybridized carbons (Fsp3) is 0.500. The van der Waals surface area contributed by atoms with E-state index in [1.54, 1.807) is 0 Å². The summed E-state index contributed by atoms with van der Waals surface area (Å²) in [4.78, 5) is 10.6. The molecule has 0 N–H and O–H groups in total. The molecule has 0 aliphatic rings. The van der Waals surface area contributed by atoms with Gasteiger partial charge in [0.25, 0.3) is 0 Å². The molecule has 0 aliphatic heterocycles. The molecule has 0 aliphatic carbocycles. The first-order valence-electron chi connectivity index (χ1n) is 3.01. The molecule has 0 aromatic carbocycles. The van der Waals surface area contributed by atoms with Crippen LogP contribution in [0, 0.1) is 0 Å². The Bertz CT molecular complexity index is 267. The monoisotopic (exact) mass is 202 g/mol. The maximum absolute atomic E-state index is 10.6. The van der Waals surface area contributed by atoms with Gasteiger partial charge in [-0.3, -0.25) is 0 Å². The van der Waals surface area contributed by atoms with Gasteiger partial charge < -0.3 is 4.18 Å². The molecule has 0 unspecified atom stereocenters. The molecule has 0 heterocycles. The molecule has 0 saturated carbocycles. The third-order valence-corrected chi connectivity index (χ3v) is 2.02. The number of carbonyl (C=O) groups excluding carboxylic acids is 1. The SMILES string of the molecule is C=C(C)C(=O)OS(=O)(=O)CC.[NaH]. The molecule has 0 saturated heterocycles. The minimum atomic E-state index is -3.67. The molecule has 12 heavy (non-hydrogen) atoms. The van der Waals surface area contributed by atoms with Crippen LogP contribution in [0.5, 0.6) is 0 Å². The number of rotatable bonds is 3. The zero-order valence-corrected chi connectivity index (χ0v) is 7.27. The minimum absolute atomic E-state index is 0. The predicted octanol–water partition coefficient (Wildman–Crippen LogP) is -0.193. The van der Waals surface area contributed by atoms with Crippen molar-refractivity contribution in [2.75, 3.05) is 5.75 Å². The topological polar surface area (TPSA) is 60.4 Å². The van der Waals surface area contributed by atoms with E-state index in [0.717, 1.165) is 0 Å². The standard InChI is InChI=1S/C6H10O4S.Na.H/c1-4-11(8,9)10-6(7)5(2)3;;/h2,4H2,1,3H3;;.